The van der Waals surface area contributed by atoms with Crippen molar-refractivity contribution in [3.05, 3.63) is 54.6 Å². The average Bonchev–Trinajstić information content (AvgIpc) is 2.56. The van der Waals surface area contributed by atoms with E-state index in [9.17, 15) is 9.59 Å². The number of aliphatic carboxylic acids is 1. The van der Waals surface area contributed by atoms with E-state index in [1.165, 1.54) is 11.8 Å². The van der Waals surface area contributed by atoms with E-state index >= 15 is 0 Å². The summed E-state index contributed by atoms with van der Waals surface area (Å²) in [5, 5.41) is 14.1. The van der Waals surface area contributed by atoms with Gasteiger partial charge >= 0.3 is 12.0 Å². The molecule has 1 atom stereocenters. The van der Waals surface area contributed by atoms with Gasteiger partial charge in [-0.1, -0.05) is 42.5 Å². The highest BCUT2D eigenvalue weighted by Gasteiger charge is 2.19. The molecule has 0 fully saturated rings. The summed E-state index contributed by atoms with van der Waals surface area (Å²) in [5.41, 5.74) is 2.74. The number of thioether (sulfide) groups is 1. The fraction of sp³-hybridized carbons (Fsp3) is 0.176. The fourth-order valence-corrected chi connectivity index (χ4v) is 2.60. The Morgan fingerprint density at radius 3 is 2.22 bits per heavy atom. The minimum atomic E-state index is -1.05. The predicted molar refractivity (Wildman–Crippen MR) is 93.8 cm³/mol. The minimum Gasteiger partial charge on any atom is -0.480 e. The Balaban J connectivity index is 1.98. The first-order chi connectivity index (χ1) is 11.1. The Morgan fingerprint density at radius 2 is 1.65 bits per heavy atom. The Labute approximate surface area is 139 Å². The van der Waals surface area contributed by atoms with E-state index in [1.54, 1.807) is 18.4 Å². The summed E-state index contributed by atoms with van der Waals surface area (Å²) in [6, 6.07) is 15.8. The van der Waals surface area contributed by atoms with Crippen molar-refractivity contribution in [1.29, 1.82) is 0 Å². The first-order valence-electron chi connectivity index (χ1n) is 7.05. The number of amides is 2. The molecule has 0 aliphatic carbocycles. The van der Waals surface area contributed by atoms with Crippen molar-refractivity contribution < 1.29 is 14.7 Å². The number of carboxylic acid groups (broad SMARTS) is 1. The molecule has 2 aromatic rings. The Hall–Kier alpha value is -2.47. The van der Waals surface area contributed by atoms with Gasteiger partial charge in [0.1, 0.15) is 6.04 Å². The van der Waals surface area contributed by atoms with Crippen LogP contribution in [0, 0.1) is 0 Å². The summed E-state index contributed by atoms with van der Waals surface area (Å²) in [4.78, 5) is 22.9. The van der Waals surface area contributed by atoms with Crippen LogP contribution in [0.15, 0.2) is 54.6 Å². The molecule has 23 heavy (non-hydrogen) atoms. The van der Waals surface area contributed by atoms with Gasteiger partial charge in [0.15, 0.2) is 0 Å². The number of nitrogens with one attached hydrogen (secondary N) is 2. The van der Waals surface area contributed by atoms with E-state index in [0.717, 1.165) is 11.1 Å². The van der Waals surface area contributed by atoms with Crippen molar-refractivity contribution in [2.24, 2.45) is 0 Å². The summed E-state index contributed by atoms with van der Waals surface area (Å²) in [5.74, 6) is -0.732. The number of carboxylic acids is 1. The number of urea groups is 1. The SMILES string of the molecule is CSCC(NC(=O)Nc1ccc(-c2ccccc2)cc1)C(=O)O. The maximum Gasteiger partial charge on any atom is 0.327 e. The van der Waals surface area contributed by atoms with Crippen LogP contribution in [-0.2, 0) is 4.79 Å². The van der Waals surface area contributed by atoms with Crippen LogP contribution in [-0.4, -0.2) is 35.2 Å². The van der Waals surface area contributed by atoms with E-state index in [-0.39, 0.29) is 0 Å². The van der Waals surface area contributed by atoms with Crippen LogP contribution in [0.2, 0.25) is 0 Å². The van der Waals surface area contributed by atoms with Gasteiger partial charge in [-0.25, -0.2) is 9.59 Å². The Morgan fingerprint density at radius 1 is 1.04 bits per heavy atom. The van der Waals surface area contributed by atoms with Gasteiger partial charge in [0.25, 0.3) is 0 Å². The number of carbonyl (C=O) groups excluding carboxylic acids is 1. The van der Waals surface area contributed by atoms with E-state index < -0.39 is 18.0 Å². The molecule has 0 bridgehead atoms. The number of hydrogen-bond donors (Lipinski definition) is 3. The van der Waals surface area contributed by atoms with Gasteiger partial charge < -0.3 is 15.7 Å². The van der Waals surface area contributed by atoms with Crippen LogP contribution in [0.4, 0.5) is 10.5 Å². The van der Waals surface area contributed by atoms with Crippen molar-refractivity contribution in [1.82, 2.24) is 5.32 Å². The second-order valence-corrected chi connectivity index (χ2v) is 5.80. The Kier molecular flexibility index (Phi) is 6.05. The van der Waals surface area contributed by atoms with E-state index in [4.69, 9.17) is 5.11 Å². The lowest BCUT2D eigenvalue weighted by Gasteiger charge is -2.14. The number of hydrogen-bond acceptors (Lipinski definition) is 3. The molecule has 0 radical (unpaired) electrons. The van der Waals surface area contributed by atoms with Gasteiger partial charge in [-0.2, -0.15) is 11.8 Å². The first-order valence-corrected chi connectivity index (χ1v) is 8.44. The number of carbonyl (C=O) groups is 2. The maximum atomic E-state index is 11.9. The molecule has 3 N–H and O–H groups in total. The van der Waals surface area contributed by atoms with E-state index in [0.29, 0.717) is 11.4 Å². The Bertz CT molecular complexity index is 659. The highest BCUT2D eigenvalue weighted by atomic mass is 32.2. The van der Waals surface area contributed by atoms with E-state index in [1.807, 2.05) is 42.5 Å². The molecular weight excluding hydrogens is 312 g/mol. The van der Waals surface area contributed by atoms with Crippen LogP contribution in [0.5, 0.6) is 0 Å². The average molecular weight is 330 g/mol. The largest absolute Gasteiger partial charge is 0.480 e. The number of rotatable bonds is 6. The van der Waals surface area contributed by atoms with E-state index in [2.05, 4.69) is 10.6 Å². The molecule has 0 heterocycles. The smallest absolute Gasteiger partial charge is 0.327 e. The van der Waals surface area contributed by atoms with Crippen molar-refractivity contribution in [2.75, 3.05) is 17.3 Å². The topological polar surface area (TPSA) is 78.4 Å². The van der Waals surface area contributed by atoms with Crippen molar-refractivity contribution in [2.45, 2.75) is 6.04 Å². The molecule has 0 aromatic heterocycles. The normalized spacial score (nSPS) is 11.5. The standard InChI is InChI=1S/C17H18N2O3S/c1-23-11-15(16(20)21)19-17(22)18-14-9-7-13(8-10-14)12-5-3-2-4-6-12/h2-10,15H,11H2,1H3,(H,20,21)(H2,18,19,22). The van der Waals surface area contributed by atoms with Gasteiger partial charge in [0.2, 0.25) is 0 Å². The molecule has 0 saturated carbocycles. The summed E-state index contributed by atoms with van der Waals surface area (Å²) < 4.78 is 0. The summed E-state index contributed by atoms with van der Waals surface area (Å²) >= 11 is 1.36. The van der Waals surface area contributed by atoms with Crippen LogP contribution < -0.4 is 10.6 Å². The molecule has 2 rings (SSSR count). The fourth-order valence-electron chi connectivity index (χ4n) is 2.04. The van der Waals surface area contributed by atoms with Gasteiger partial charge in [-0.3, -0.25) is 0 Å². The van der Waals surface area contributed by atoms with Crippen LogP contribution in [0.1, 0.15) is 0 Å². The van der Waals surface area contributed by atoms with Crippen LogP contribution in [0.25, 0.3) is 11.1 Å². The first kappa shape index (κ1) is 16.9. The highest BCUT2D eigenvalue weighted by molar-refractivity contribution is 7.98. The number of anilines is 1. The van der Waals surface area contributed by atoms with Gasteiger partial charge in [-0.15, -0.1) is 0 Å². The third-order valence-electron chi connectivity index (χ3n) is 3.19. The molecule has 0 aliphatic rings. The van der Waals surface area contributed by atoms with Gasteiger partial charge in [0, 0.05) is 11.4 Å². The molecule has 6 heteroatoms. The summed E-state index contributed by atoms with van der Waals surface area (Å²) in [7, 11) is 0. The maximum absolute atomic E-state index is 11.9. The summed E-state index contributed by atoms with van der Waals surface area (Å²) in [6.07, 6.45) is 1.79. The second kappa shape index (κ2) is 8.24. The highest BCUT2D eigenvalue weighted by Crippen LogP contribution is 2.20. The lowest BCUT2D eigenvalue weighted by Crippen LogP contribution is -2.44. The predicted octanol–water partition coefficient (Wildman–Crippen LogP) is 3.29. The zero-order valence-corrected chi connectivity index (χ0v) is 13.5. The van der Waals surface area contributed by atoms with Crippen molar-refractivity contribution >= 4 is 29.4 Å². The third-order valence-corrected chi connectivity index (χ3v) is 3.85. The lowest BCUT2D eigenvalue weighted by atomic mass is 10.1. The molecule has 2 aromatic carbocycles. The quantitative estimate of drug-likeness (QED) is 0.759. The van der Waals surface area contributed by atoms with Crippen molar-refractivity contribution in [3.8, 4) is 11.1 Å². The molecule has 5 nitrogen and oxygen atoms in total. The zero-order valence-electron chi connectivity index (χ0n) is 12.7. The lowest BCUT2D eigenvalue weighted by molar-refractivity contribution is -0.138. The van der Waals surface area contributed by atoms with Crippen LogP contribution >= 0.6 is 11.8 Å². The molecule has 120 valence electrons. The monoisotopic (exact) mass is 330 g/mol. The molecule has 2 amide bonds. The van der Waals surface area contributed by atoms with Crippen LogP contribution in [0.3, 0.4) is 0 Å². The van der Waals surface area contributed by atoms with Gasteiger partial charge in [-0.05, 0) is 29.5 Å². The summed E-state index contributed by atoms with van der Waals surface area (Å²) in [6.45, 7) is 0. The zero-order chi connectivity index (χ0) is 16.7. The second-order valence-electron chi connectivity index (χ2n) is 4.89. The minimum absolute atomic E-state index is 0.315. The molecular formula is C17H18N2O3S. The van der Waals surface area contributed by atoms with Crippen molar-refractivity contribution in [3.63, 3.8) is 0 Å². The molecule has 1 unspecified atom stereocenters. The molecule has 0 saturated heterocycles. The third kappa shape index (κ3) is 5.03. The molecule has 0 spiro atoms. The van der Waals surface area contributed by atoms with Gasteiger partial charge in [0.05, 0.1) is 0 Å². The molecule has 0 aliphatic heterocycles. The number of benzene rings is 2.